The summed E-state index contributed by atoms with van der Waals surface area (Å²) in [6.45, 7) is 3.05. The van der Waals surface area contributed by atoms with Crippen molar-refractivity contribution >= 4 is 5.91 Å². The Bertz CT molecular complexity index is 393. The first-order valence-electron chi connectivity index (χ1n) is 5.57. The molecule has 0 spiro atoms. The molecule has 1 amide bonds. The van der Waals surface area contributed by atoms with Gasteiger partial charge in [-0.05, 0) is 6.92 Å². The lowest BCUT2D eigenvalue weighted by molar-refractivity contribution is -0.125. The van der Waals surface area contributed by atoms with Gasteiger partial charge in [-0.3, -0.25) is 4.79 Å². The average Bonchev–Trinajstić information content (AvgIpc) is 2.87. The van der Waals surface area contributed by atoms with Crippen LogP contribution in [-0.4, -0.2) is 41.8 Å². The molecule has 1 fully saturated rings. The van der Waals surface area contributed by atoms with E-state index in [-0.39, 0.29) is 17.9 Å². The number of hydrogen-bond acceptors (Lipinski definition) is 6. The van der Waals surface area contributed by atoms with E-state index >= 15 is 0 Å². The number of rotatable bonds is 4. The number of nitrogens with two attached hydrogens (primary N) is 1. The molecule has 1 aliphatic heterocycles. The molecule has 2 heterocycles. The van der Waals surface area contributed by atoms with Crippen molar-refractivity contribution in [2.45, 2.75) is 19.4 Å². The van der Waals surface area contributed by atoms with Gasteiger partial charge in [-0.2, -0.15) is 4.98 Å². The summed E-state index contributed by atoms with van der Waals surface area (Å²) in [5, 5.41) is 6.45. The molecule has 1 aromatic heterocycles. The second-order valence-electron chi connectivity index (χ2n) is 4.08. The lowest BCUT2D eigenvalue weighted by Crippen LogP contribution is -2.41. The highest BCUT2D eigenvalue weighted by atomic mass is 16.5. The zero-order valence-corrected chi connectivity index (χ0v) is 9.68. The molecule has 1 aliphatic rings. The van der Waals surface area contributed by atoms with Crippen LogP contribution in [0.25, 0.3) is 0 Å². The van der Waals surface area contributed by atoms with E-state index < -0.39 is 0 Å². The van der Waals surface area contributed by atoms with Gasteiger partial charge in [0.1, 0.15) is 0 Å². The molecule has 7 nitrogen and oxygen atoms in total. The number of aryl methyl sites for hydroxylation is 1. The van der Waals surface area contributed by atoms with Crippen molar-refractivity contribution in [2.24, 2.45) is 11.7 Å². The van der Waals surface area contributed by atoms with E-state index in [2.05, 4.69) is 15.5 Å². The molecule has 94 valence electrons. The fraction of sp³-hybridized carbons (Fsp3) is 0.700. The molecule has 2 rings (SSSR count). The molecule has 17 heavy (non-hydrogen) atoms. The number of nitrogens with one attached hydrogen (secondary N) is 1. The Balaban J connectivity index is 1.73. The fourth-order valence-corrected chi connectivity index (χ4v) is 1.71. The van der Waals surface area contributed by atoms with Crippen LogP contribution in [0.4, 0.5) is 0 Å². The van der Waals surface area contributed by atoms with Gasteiger partial charge in [0.2, 0.25) is 11.8 Å². The van der Waals surface area contributed by atoms with Crippen LogP contribution in [0.1, 0.15) is 11.7 Å². The van der Waals surface area contributed by atoms with Crippen LogP contribution in [0, 0.1) is 12.8 Å². The average molecular weight is 240 g/mol. The monoisotopic (exact) mass is 240 g/mol. The molecule has 0 saturated carbocycles. The first kappa shape index (κ1) is 12.0. The molecule has 1 aromatic rings. The number of aromatic nitrogens is 2. The normalized spacial score (nSPS) is 23.9. The maximum atomic E-state index is 11.7. The Morgan fingerprint density at radius 1 is 1.59 bits per heavy atom. The summed E-state index contributed by atoms with van der Waals surface area (Å²) in [6.07, 6.45) is 0.523. The third-order valence-electron chi connectivity index (χ3n) is 2.67. The predicted molar refractivity (Wildman–Crippen MR) is 58.0 cm³/mol. The van der Waals surface area contributed by atoms with Crippen LogP contribution >= 0.6 is 0 Å². The molecule has 0 bridgehead atoms. The van der Waals surface area contributed by atoms with Gasteiger partial charge in [-0.15, -0.1) is 0 Å². The van der Waals surface area contributed by atoms with Gasteiger partial charge in [0, 0.05) is 19.0 Å². The van der Waals surface area contributed by atoms with Gasteiger partial charge in [0.05, 0.1) is 19.1 Å². The molecule has 7 heteroatoms. The largest absolute Gasteiger partial charge is 0.379 e. The van der Waals surface area contributed by atoms with Crippen LogP contribution < -0.4 is 11.1 Å². The van der Waals surface area contributed by atoms with Crippen LogP contribution in [0.5, 0.6) is 0 Å². The van der Waals surface area contributed by atoms with Gasteiger partial charge in [0.15, 0.2) is 5.82 Å². The van der Waals surface area contributed by atoms with Crippen molar-refractivity contribution in [3.8, 4) is 0 Å². The Morgan fingerprint density at radius 2 is 2.41 bits per heavy atom. The van der Waals surface area contributed by atoms with Crippen molar-refractivity contribution < 1.29 is 14.1 Å². The molecule has 3 N–H and O–H groups in total. The summed E-state index contributed by atoms with van der Waals surface area (Å²) < 4.78 is 10.1. The van der Waals surface area contributed by atoms with E-state index in [1.165, 1.54) is 0 Å². The highest BCUT2D eigenvalue weighted by Gasteiger charge is 2.30. The Labute approximate surface area is 98.7 Å². The van der Waals surface area contributed by atoms with Crippen LogP contribution in [0.15, 0.2) is 4.52 Å². The lowest BCUT2D eigenvalue weighted by atomic mass is 10.0. The zero-order valence-electron chi connectivity index (χ0n) is 9.68. The number of nitrogens with zero attached hydrogens (tertiary/aromatic N) is 2. The minimum absolute atomic E-state index is 0.0776. The molecule has 2 atom stereocenters. The summed E-state index contributed by atoms with van der Waals surface area (Å²) in [7, 11) is 0. The Kier molecular flexibility index (Phi) is 3.70. The molecular formula is C10H16N4O3. The molecule has 0 radical (unpaired) electrons. The number of ether oxygens (including phenoxy) is 1. The Hall–Kier alpha value is -1.47. The third-order valence-corrected chi connectivity index (χ3v) is 2.67. The van der Waals surface area contributed by atoms with Crippen molar-refractivity contribution in [1.29, 1.82) is 0 Å². The second-order valence-corrected chi connectivity index (χ2v) is 4.08. The summed E-state index contributed by atoms with van der Waals surface area (Å²) in [5.41, 5.74) is 5.74. The fourth-order valence-electron chi connectivity index (χ4n) is 1.71. The van der Waals surface area contributed by atoms with E-state index in [4.69, 9.17) is 15.0 Å². The van der Waals surface area contributed by atoms with Crippen molar-refractivity contribution in [2.75, 3.05) is 19.8 Å². The maximum Gasteiger partial charge on any atom is 0.228 e. The number of amides is 1. The molecule has 1 saturated heterocycles. The van der Waals surface area contributed by atoms with Gasteiger partial charge >= 0.3 is 0 Å². The van der Waals surface area contributed by atoms with Gasteiger partial charge < -0.3 is 20.3 Å². The number of carbonyl (C=O) groups excluding carboxylic acids is 1. The van der Waals surface area contributed by atoms with Crippen LogP contribution in [0.3, 0.4) is 0 Å². The molecule has 2 unspecified atom stereocenters. The third kappa shape index (κ3) is 3.01. The van der Waals surface area contributed by atoms with Crippen LogP contribution in [-0.2, 0) is 16.0 Å². The SMILES string of the molecule is Cc1noc(CCNC(=O)C2COCC2N)n1. The first-order chi connectivity index (χ1) is 8.16. The van der Waals surface area contributed by atoms with E-state index in [9.17, 15) is 4.79 Å². The van der Waals surface area contributed by atoms with Crippen LogP contribution in [0.2, 0.25) is 0 Å². The van der Waals surface area contributed by atoms with Gasteiger partial charge in [0.25, 0.3) is 0 Å². The molecule has 0 aliphatic carbocycles. The minimum Gasteiger partial charge on any atom is -0.379 e. The van der Waals surface area contributed by atoms with E-state index in [1.54, 1.807) is 6.92 Å². The summed E-state index contributed by atoms with van der Waals surface area (Å²) in [6, 6.07) is -0.208. The van der Waals surface area contributed by atoms with Crippen molar-refractivity contribution in [1.82, 2.24) is 15.5 Å². The Morgan fingerprint density at radius 3 is 3.00 bits per heavy atom. The van der Waals surface area contributed by atoms with Gasteiger partial charge in [-0.25, -0.2) is 0 Å². The minimum atomic E-state index is -0.251. The number of hydrogen-bond donors (Lipinski definition) is 2. The summed E-state index contributed by atoms with van der Waals surface area (Å²) in [4.78, 5) is 15.8. The standard InChI is InChI=1S/C10H16N4O3/c1-6-13-9(17-14-6)2-3-12-10(15)7-4-16-5-8(7)11/h7-8H,2-5,11H2,1H3,(H,12,15). The maximum absolute atomic E-state index is 11.7. The van der Waals surface area contributed by atoms with Crippen molar-refractivity contribution in [3.05, 3.63) is 11.7 Å². The number of carbonyl (C=O) groups is 1. The van der Waals surface area contributed by atoms with Gasteiger partial charge in [-0.1, -0.05) is 5.16 Å². The van der Waals surface area contributed by atoms with E-state index in [0.29, 0.717) is 37.9 Å². The van der Waals surface area contributed by atoms with Crippen molar-refractivity contribution in [3.63, 3.8) is 0 Å². The second kappa shape index (κ2) is 5.24. The summed E-state index contributed by atoms with van der Waals surface area (Å²) >= 11 is 0. The topological polar surface area (TPSA) is 103 Å². The highest BCUT2D eigenvalue weighted by Crippen LogP contribution is 2.11. The highest BCUT2D eigenvalue weighted by molar-refractivity contribution is 5.79. The molecular weight excluding hydrogens is 224 g/mol. The predicted octanol–water partition coefficient (Wildman–Crippen LogP) is -0.990. The lowest BCUT2D eigenvalue weighted by Gasteiger charge is -2.12. The molecule has 0 aromatic carbocycles. The van der Waals surface area contributed by atoms with E-state index in [0.717, 1.165) is 0 Å². The van der Waals surface area contributed by atoms with E-state index in [1.807, 2.05) is 0 Å². The summed E-state index contributed by atoms with van der Waals surface area (Å²) in [5.74, 6) is 0.790. The smallest absolute Gasteiger partial charge is 0.228 e. The quantitative estimate of drug-likeness (QED) is 0.700. The zero-order chi connectivity index (χ0) is 12.3. The first-order valence-corrected chi connectivity index (χ1v) is 5.57.